The zero-order valence-electron chi connectivity index (χ0n) is 20.4. The van der Waals surface area contributed by atoms with E-state index in [-0.39, 0.29) is 55.5 Å². The Morgan fingerprint density at radius 2 is 1.92 bits per heavy atom. The van der Waals surface area contributed by atoms with Crippen LogP contribution in [-0.2, 0) is 16.1 Å². The van der Waals surface area contributed by atoms with Gasteiger partial charge in [0.05, 0.1) is 12.2 Å². The van der Waals surface area contributed by atoms with Gasteiger partial charge in [-0.1, -0.05) is 24.3 Å². The number of halogens is 4. The molecule has 1 heterocycles. The number of nitrogens with zero attached hydrogens (tertiary/aromatic N) is 1. The highest BCUT2D eigenvalue weighted by molar-refractivity contribution is 5.94. The van der Waals surface area contributed by atoms with Crippen LogP contribution >= 0.6 is 24.8 Å². The fraction of sp³-hybridized carbons (Fsp3) is 0.440. The van der Waals surface area contributed by atoms with Crippen LogP contribution in [0, 0.1) is 23.0 Å². The van der Waals surface area contributed by atoms with Crippen LogP contribution in [0.4, 0.5) is 8.78 Å². The van der Waals surface area contributed by atoms with Crippen LogP contribution in [0.15, 0.2) is 36.4 Å². The summed E-state index contributed by atoms with van der Waals surface area (Å²) in [5, 5.41) is 10.1. The van der Waals surface area contributed by atoms with E-state index in [1.165, 1.54) is 6.07 Å². The van der Waals surface area contributed by atoms with Crippen molar-refractivity contribution in [2.24, 2.45) is 11.7 Å². The maximum atomic E-state index is 15.3. The van der Waals surface area contributed by atoms with E-state index in [1.54, 1.807) is 31.2 Å². The molecule has 4 N–H and O–H groups in total. The molecule has 0 aromatic heterocycles. The lowest BCUT2D eigenvalue weighted by Gasteiger charge is -2.29. The topological polar surface area (TPSA) is 101 Å². The normalized spacial score (nSPS) is 16.3. The zero-order chi connectivity index (χ0) is 24.7. The van der Waals surface area contributed by atoms with Crippen molar-refractivity contribution in [3.63, 3.8) is 0 Å². The molecular formula is C25H34Cl2F2N4O3. The Balaban J connectivity index is 0.00000324. The first-order chi connectivity index (χ1) is 16.3. The number of likely N-dealkylation sites (tertiary alicyclic amines) is 1. The molecule has 0 bridgehead atoms. The predicted molar refractivity (Wildman–Crippen MR) is 140 cm³/mol. The van der Waals surface area contributed by atoms with Crippen LogP contribution in [0.1, 0.15) is 42.6 Å². The lowest BCUT2D eigenvalue weighted by molar-refractivity contribution is -0.133. The Morgan fingerprint density at radius 3 is 2.53 bits per heavy atom. The van der Waals surface area contributed by atoms with E-state index in [1.807, 2.05) is 7.05 Å². The maximum Gasteiger partial charge on any atom is 0.254 e. The molecule has 0 saturated carbocycles. The largest absolute Gasteiger partial charge is 0.490 e. The molecule has 0 spiro atoms. The number of nitrogen functional groups attached to an aromatic ring is 1. The molecular weight excluding hydrogens is 513 g/mol. The molecule has 36 heavy (non-hydrogen) atoms. The summed E-state index contributed by atoms with van der Waals surface area (Å²) in [6.07, 6.45) is 0.564. The Morgan fingerprint density at radius 1 is 1.22 bits per heavy atom. The van der Waals surface area contributed by atoms with E-state index in [0.717, 1.165) is 37.6 Å². The second kappa shape index (κ2) is 14.9. The Hall–Kier alpha value is -2.46. The third kappa shape index (κ3) is 8.30. The van der Waals surface area contributed by atoms with Gasteiger partial charge in [0.25, 0.3) is 5.91 Å². The molecule has 1 fully saturated rings. The average molecular weight is 547 g/mol. The van der Waals surface area contributed by atoms with Crippen molar-refractivity contribution >= 4 is 36.6 Å². The third-order valence-corrected chi connectivity index (χ3v) is 5.85. The lowest BCUT2D eigenvalue weighted by atomic mass is 9.99. The van der Waals surface area contributed by atoms with Crippen LogP contribution in [0.3, 0.4) is 0 Å². The van der Waals surface area contributed by atoms with Gasteiger partial charge in [-0.2, -0.15) is 0 Å². The molecule has 1 amide bonds. The van der Waals surface area contributed by atoms with Crippen molar-refractivity contribution in [1.82, 2.24) is 10.2 Å². The summed E-state index contributed by atoms with van der Waals surface area (Å²) in [5.41, 5.74) is 6.28. The van der Waals surface area contributed by atoms with E-state index in [9.17, 15) is 9.18 Å². The fourth-order valence-corrected chi connectivity index (χ4v) is 4.06. The maximum absolute atomic E-state index is 15.3. The highest BCUT2D eigenvalue weighted by Crippen LogP contribution is 2.31. The standard InChI is InChI=1S/C25H32F2N4O3.2ClH/c1-3-33-23(25(32)30-13-16-6-8-18(9-7-16)24(28)29)21-19(26)10-11-20(22(21)27)34-15-17-5-4-12-31(2)14-17;;/h6-11,17,23H,3-5,12-15H2,1-2H3,(H3,28,29)(H,30,32);2*1H. The predicted octanol–water partition coefficient (Wildman–Crippen LogP) is 4.21. The first-order valence-corrected chi connectivity index (χ1v) is 11.4. The molecule has 1 saturated heterocycles. The fourth-order valence-electron chi connectivity index (χ4n) is 4.06. The minimum atomic E-state index is -1.47. The zero-order valence-corrected chi connectivity index (χ0v) is 22.0. The van der Waals surface area contributed by atoms with Gasteiger partial charge >= 0.3 is 0 Å². The molecule has 7 nitrogen and oxygen atoms in total. The summed E-state index contributed by atoms with van der Waals surface area (Å²) in [6, 6.07) is 9.09. The summed E-state index contributed by atoms with van der Waals surface area (Å²) in [5.74, 6) is -2.36. The van der Waals surface area contributed by atoms with Crippen molar-refractivity contribution in [1.29, 1.82) is 5.41 Å². The van der Waals surface area contributed by atoms with E-state index in [2.05, 4.69) is 10.2 Å². The SMILES string of the molecule is CCOC(C(=O)NCc1ccc(C(=N)N)cc1)c1c(F)ccc(OCC2CCCN(C)C2)c1F.Cl.Cl. The van der Waals surface area contributed by atoms with Crippen molar-refractivity contribution in [3.8, 4) is 5.75 Å². The van der Waals surface area contributed by atoms with Gasteiger partial charge in [-0.05, 0) is 51.1 Å². The molecule has 1 aliphatic rings. The van der Waals surface area contributed by atoms with E-state index in [4.69, 9.17) is 20.6 Å². The van der Waals surface area contributed by atoms with Gasteiger partial charge in [0.1, 0.15) is 11.7 Å². The number of hydrogen-bond acceptors (Lipinski definition) is 5. The molecule has 2 aromatic rings. The summed E-state index contributed by atoms with van der Waals surface area (Å²) >= 11 is 0. The van der Waals surface area contributed by atoms with Crippen LogP contribution in [0.25, 0.3) is 0 Å². The number of nitrogens with one attached hydrogen (secondary N) is 2. The van der Waals surface area contributed by atoms with Crippen LogP contribution in [0.5, 0.6) is 5.75 Å². The minimum absolute atomic E-state index is 0. The van der Waals surface area contributed by atoms with Crippen molar-refractivity contribution in [2.45, 2.75) is 32.4 Å². The third-order valence-electron chi connectivity index (χ3n) is 5.85. The number of amidine groups is 1. The summed E-state index contributed by atoms with van der Waals surface area (Å²) < 4.78 is 41.2. The number of nitrogens with two attached hydrogens (primary N) is 1. The molecule has 200 valence electrons. The first kappa shape index (κ1) is 31.6. The molecule has 11 heteroatoms. The van der Waals surface area contributed by atoms with Crippen molar-refractivity contribution in [2.75, 3.05) is 33.4 Å². The van der Waals surface area contributed by atoms with Gasteiger partial charge in [0.2, 0.25) is 0 Å². The number of benzene rings is 2. The molecule has 1 aliphatic heterocycles. The number of amides is 1. The second-order valence-electron chi connectivity index (χ2n) is 8.52. The van der Waals surface area contributed by atoms with Gasteiger partial charge < -0.3 is 25.4 Å². The monoisotopic (exact) mass is 546 g/mol. The first-order valence-electron chi connectivity index (χ1n) is 11.4. The Kier molecular flexibility index (Phi) is 13.1. The molecule has 3 rings (SSSR count). The number of piperidine rings is 1. The van der Waals surface area contributed by atoms with Crippen LogP contribution < -0.4 is 15.8 Å². The minimum Gasteiger partial charge on any atom is -0.490 e. The van der Waals surface area contributed by atoms with Crippen LogP contribution in [-0.4, -0.2) is 50.0 Å². The smallest absolute Gasteiger partial charge is 0.254 e. The average Bonchev–Trinajstić information content (AvgIpc) is 2.82. The van der Waals surface area contributed by atoms with Gasteiger partial charge in [-0.15, -0.1) is 24.8 Å². The second-order valence-corrected chi connectivity index (χ2v) is 8.52. The van der Waals surface area contributed by atoms with Crippen molar-refractivity contribution in [3.05, 3.63) is 64.7 Å². The highest BCUT2D eigenvalue weighted by atomic mass is 35.5. The van der Waals surface area contributed by atoms with Gasteiger partial charge in [0, 0.05) is 31.2 Å². The number of carbonyl (C=O) groups is 1. The van der Waals surface area contributed by atoms with Gasteiger partial charge in [0.15, 0.2) is 17.7 Å². The van der Waals surface area contributed by atoms with Gasteiger partial charge in [-0.3, -0.25) is 10.2 Å². The number of ether oxygens (including phenoxy) is 2. The van der Waals surface area contributed by atoms with Gasteiger partial charge in [-0.25, -0.2) is 8.78 Å². The number of rotatable bonds is 10. The van der Waals surface area contributed by atoms with Crippen molar-refractivity contribution < 1.29 is 23.0 Å². The quantitative estimate of drug-likeness (QED) is 0.306. The van der Waals surface area contributed by atoms with E-state index < -0.39 is 29.2 Å². The summed E-state index contributed by atoms with van der Waals surface area (Å²) in [4.78, 5) is 15.1. The number of carbonyl (C=O) groups excluding carboxylic acids is 1. The van der Waals surface area contributed by atoms with E-state index in [0.29, 0.717) is 12.2 Å². The van der Waals surface area contributed by atoms with E-state index >= 15 is 4.39 Å². The summed E-state index contributed by atoms with van der Waals surface area (Å²) in [6.45, 7) is 4.05. The summed E-state index contributed by atoms with van der Waals surface area (Å²) in [7, 11) is 2.03. The molecule has 0 aliphatic carbocycles. The Bertz CT molecular complexity index is 1010. The molecule has 0 radical (unpaired) electrons. The van der Waals surface area contributed by atoms with Crippen LogP contribution in [0.2, 0.25) is 0 Å². The Labute approximate surface area is 223 Å². The highest BCUT2D eigenvalue weighted by Gasteiger charge is 2.30. The molecule has 2 aromatic carbocycles. The number of hydrogen-bond donors (Lipinski definition) is 3. The molecule has 2 atom stereocenters. The molecule has 2 unspecified atom stereocenters. The lowest BCUT2D eigenvalue weighted by Crippen LogP contribution is -2.35.